The van der Waals surface area contributed by atoms with E-state index in [9.17, 15) is 18.8 Å². The lowest BCUT2D eigenvalue weighted by molar-refractivity contribution is -0.139. The molecule has 3 aromatic rings. The Hall–Kier alpha value is -4.24. The molecule has 2 amide bonds. The molecule has 9 heteroatoms. The Morgan fingerprint density at radius 2 is 1.68 bits per heavy atom. The summed E-state index contributed by atoms with van der Waals surface area (Å²) in [5, 5.41) is 12.2. The third-order valence-electron chi connectivity index (χ3n) is 7.64. The van der Waals surface area contributed by atoms with Crippen molar-refractivity contribution in [3.8, 4) is 11.1 Å². The van der Waals surface area contributed by atoms with Crippen LogP contribution in [0.15, 0.2) is 66.7 Å². The van der Waals surface area contributed by atoms with E-state index in [0.29, 0.717) is 12.2 Å². The van der Waals surface area contributed by atoms with Crippen molar-refractivity contribution in [2.45, 2.75) is 25.8 Å². The van der Waals surface area contributed by atoms with Gasteiger partial charge in [0.25, 0.3) is 5.91 Å². The van der Waals surface area contributed by atoms with Crippen molar-refractivity contribution >= 4 is 29.2 Å². The van der Waals surface area contributed by atoms with E-state index in [2.05, 4.69) is 22.2 Å². The van der Waals surface area contributed by atoms with Crippen LogP contribution < -0.4 is 10.2 Å². The van der Waals surface area contributed by atoms with E-state index in [0.717, 1.165) is 61.4 Å². The Kier molecular flexibility index (Phi) is 8.64. The maximum atomic E-state index is 13.8. The first-order chi connectivity index (χ1) is 19.8. The summed E-state index contributed by atoms with van der Waals surface area (Å²) in [5.41, 5.74) is 4.46. The highest BCUT2D eigenvalue weighted by molar-refractivity contribution is 6.06. The zero-order valence-corrected chi connectivity index (χ0v) is 23.2. The van der Waals surface area contributed by atoms with Gasteiger partial charge in [0.2, 0.25) is 5.91 Å². The van der Waals surface area contributed by atoms with Crippen molar-refractivity contribution in [2.75, 3.05) is 50.0 Å². The van der Waals surface area contributed by atoms with Gasteiger partial charge in [-0.05, 0) is 73.0 Å². The average Bonchev–Trinajstić information content (AvgIpc) is 3.81. The molecule has 1 saturated carbocycles. The van der Waals surface area contributed by atoms with Gasteiger partial charge in [-0.15, -0.1) is 0 Å². The van der Waals surface area contributed by atoms with Crippen molar-refractivity contribution in [3.63, 3.8) is 0 Å². The quantitative estimate of drug-likeness (QED) is 0.375. The van der Waals surface area contributed by atoms with Crippen LogP contribution in [-0.2, 0) is 16.1 Å². The van der Waals surface area contributed by atoms with Gasteiger partial charge in [0.1, 0.15) is 5.82 Å². The number of hydrogen-bond acceptors (Lipinski definition) is 5. The highest BCUT2D eigenvalue weighted by Gasteiger charge is 2.33. The summed E-state index contributed by atoms with van der Waals surface area (Å²) in [7, 11) is 2.08. The van der Waals surface area contributed by atoms with Crippen LogP contribution in [0.1, 0.15) is 35.2 Å². The fraction of sp³-hybridized carbons (Fsp3) is 0.344. The Balaban J connectivity index is 1.42. The first-order valence-electron chi connectivity index (χ1n) is 14.0. The van der Waals surface area contributed by atoms with E-state index < -0.39 is 17.7 Å². The maximum absolute atomic E-state index is 13.8. The summed E-state index contributed by atoms with van der Waals surface area (Å²) in [6, 6.07) is 19.4. The van der Waals surface area contributed by atoms with Crippen LogP contribution >= 0.6 is 0 Å². The maximum Gasteiger partial charge on any atom is 0.305 e. The molecule has 1 aliphatic carbocycles. The van der Waals surface area contributed by atoms with E-state index in [-0.39, 0.29) is 30.4 Å². The van der Waals surface area contributed by atoms with Crippen molar-refractivity contribution < 1.29 is 23.9 Å². The fourth-order valence-electron chi connectivity index (χ4n) is 5.12. The summed E-state index contributed by atoms with van der Waals surface area (Å²) in [6.45, 7) is 3.94. The standard InChI is InChI=1S/C32H35FN4O4/c1-35-14-16-36(17-15-35)29-11-10-25(20-28(29)34-31(40)26-6-3-7-27(33)19-26)24-5-2-4-22(18-24)21-37(13-12-30(38)39)32(41)23-8-9-23/h2-7,10-11,18-20,23H,8-9,12-17,21H2,1H3,(H,34,40)(H,38,39). The van der Waals surface area contributed by atoms with Gasteiger partial charge in [-0.2, -0.15) is 0 Å². The average molecular weight is 559 g/mol. The summed E-state index contributed by atoms with van der Waals surface area (Å²) < 4.78 is 13.8. The van der Waals surface area contributed by atoms with Gasteiger partial charge in [-0.1, -0.05) is 30.3 Å². The minimum atomic E-state index is -0.930. The molecule has 2 fully saturated rings. The number of rotatable bonds is 10. The highest BCUT2D eigenvalue weighted by atomic mass is 19.1. The molecule has 8 nitrogen and oxygen atoms in total. The summed E-state index contributed by atoms with van der Waals surface area (Å²) in [4.78, 5) is 43.3. The Labute approximate surface area is 239 Å². The predicted octanol–water partition coefficient (Wildman–Crippen LogP) is 4.71. The molecule has 1 aliphatic heterocycles. The molecule has 41 heavy (non-hydrogen) atoms. The van der Waals surface area contributed by atoms with Crippen LogP contribution in [0.25, 0.3) is 11.1 Å². The van der Waals surface area contributed by atoms with Gasteiger partial charge in [0.15, 0.2) is 0 Å². The monoisotopic (exact) mass is 558 g/mol. The molecule has 5 rings (SSSR count). The molecule has 0 aromatic heterocycles. The second-order valence-electron chi connectivity index (χ2n) is 10.9. The van der Waals surface area contributed by atoms with Crippen LogP contribution in [0.2, 0.25) is 0 Å². The van der Waals surface area contributed by atoms with Crippen LogP contribution in [0.5, 0.6) is 0 Å². The lowest BCUT2D eigenvalue weighted by atomic mass is 10.0. The van der Waals surface area contributed by atoms with Crippen LogP contribution in [0.3, 0.4) is 0 Å². The number of carboxylic acid groups (broad SMARTS) is 1. The Bertz CT molecular complexity index is 1430. The van der Waals surface area contributed by atoms with E-state index in [1.807, 2.05) is 42.5 Å². The zero-order chi connectivity index (χ0) is 28.9. The number of hydrogen-bond donors (Lipinski definition) is 2. The van der Waals surface area contributed by atoms with Crippen molar-refractivity contribution in [1.29, 1.82) is 0 Å². The number of halogens is 1. The van der Waals surface area contributed by atoms with Gasteiger partial charge < -0.3 is 25.1 Å². The molecule has 2 N–H and O–H groups in total. The lowest BCUT2D eigenvalue weighted by Crippen LogP contribution is -2.44. The SMILES string of the molecule is CN1CCN(c2ccc(-c3cccc(CN(CCC(=O)O)C(=O)C4CC4)c3)cc2NC(=O)c2cccc(F)c2)CC1. The van der Waals surface area contributed by atoms with E-state index in [1.165, 1.54) is 18.2 Å². The molecule has 1 heterocycles. The minimum absolute atomic E-state index is 0.00152. The second kappa shape index (κ2) is 12.5. The Morgan fingerprint density at radius 1 is 0.951 bits per heavy atom. The smallest absolute Gasteiger partial charge is 0.305 e. The molecule has 2 aliphatic rings. The number of piperazine rings is 1. The Morgan fingerprint density at radius 3 is 2.39 bits per heavy atom. The number of amides is 2. The number of carboxylic acids is 1. The predicted molar refractivity (Wildman–Crippen MR) is 156 cm³/mol. The molecule has 3 aromatic carbocycles. The van der Waals surface area contributed by atoms with Gasteiger partial charge in [0, 0.05) is 50.7 Å². The molecule has 0 atom stereocenters. The van der Waals surface area contributed by atoms with Crippen LogP contribution in [-0.4, -0.2) is 72.5 Å². The van der Waals surface area contributed by atoms with E-state index in [4.69, 9.17) is 5.11 Å². The lowest BCUT2D eigenvalue weighted by Gasteiger charge is -2.35. The first kappa shape index (κ1) is 28.3. The molecular formula is C32H35FN4O4. The number of carbonyl (C=O) groups excluding carboxylic acids is 2. The number of carbonyl (C=O) groups is 3. The fourth-order valence-corrected chi connectivity index (χ4v) is 5.12. The van der Waals surface area contributed by atoms with E-state index in [1.54, 1.807) is 11.0 Å². The molecule has 0 radical (unpaired) electrons. The van der Waals surface area contributed by atoms with Crippen molar-refractivity contribution in [1.82, 2.24) is 9.80 Å². The number of benzene rings is 3. The molecule has 214 valence electrons. The molecular weight excluding hydrogens is 523 g/mol. The number of likely N-dealkylation sites (N-methyl/N-ethyl adjacent to an activating group) is 1. The van der Waals surface area contributed by atoms with Gasteiger partial charge >= 0.3 is 5.97 Å². The van der Waals surface area contributed by atoms with Gasteiger partial charge in [-0.3, -0.25) is 14.4 Å². The first-order valence-corrected chi connectivity index (χ1v) is 14.0. The third-order valence-corrected chi connectivity index (χ3v) is 7.64. The van der Waals surface area contributed by atoms with Crippen LogP contribution in [0, 0.1) is 11.7 Å². The van der Waals surface area contributed by atoms with Crippen molar-refractivity contribution in [2.24, 2.45) is 5.92 Å². The highest BCUT2D eigenvalue weighted by Crippen LogP contribution is 2.34. The molecule has 0 unspecified atom stereocenters. The second-order valence-corrected chi connectivity index (χ2v) is 10.9. The van der Waals surface area contributed by atoms with Gasteiger partial charge in [-0.25, -0.2) is 4.39 Å². The minimum Gasteiger partial charge on any atom is -0.481 e. The van der Waals surface area contributed by atoms with E-state index >= 15 is 0 Å². The summed E-state index contributed by atoms with van der Waals surface area (Å²) >= 11 is 0. The summed E-state index contributed by atoms with van der Waals surface area (Å²) in [6.07, 6.45) is 1.61. The normalized spacial score (nSPS) is 15.4. The third kappa shape index (κ3) is 7.29. The van der Waals surface area contributed by atoms with Crippen molar-refractivity contribution in [3.05, 3.63) is 83.7 Å². The molecule has 1 saturated heterocycles. The number of aliphatic carboxylic acids is 1. The number of anilines is 2. The number of nitrogens with zero attached hydrogens (tertiary/aromatic N) is 3. The largest absolute Gasteiger partial charge is 0.481 e. The zero-order valence-electron chi connectivity index (χ0n) is 23.2. The number of nitrogens with one attached hydrogen (secondary N) is 1. The summed E-state index contributed by atoms with van der Waals surface area (Å²) in [5.74, 6) is -1.78. The molecule has 0 bridgehead atoms. The van der Waals surface area contributed by atoms with Crippen LogP contribution in [0.4, 0.5) is 15.8 Å². The molecule has 0 spiro atoms. The topological polar surface area (TPSA) is 93.2 Å². The van der Waals surface area contributed by atoms with Gasteiger partial charge in [0.05, 0.1) is 17.8 Å².